The molecule has 0 unspecified atom stereocenters. The van der Waals surface area contributed by atoms with E-state index in [0.717, 1.165) is 22.4 Å². The molecule has 3 rings (SSSR count). The Hall–Kier alpha value is -2.90. The summed E-state index contributed by atoms with van der Waals surface area (Å²) in [7, 11) is 0. The van der Waals surface area contributed by atoms with Gasteiger partial charge >= 0.3 is 0 Å². The van der Waals surface area contributed by atoms with Crippen LogP contribution in [0.5, 0.6) is 5.75 Å². The number of nitrogens with zero attached hydrogens (tertiary/aromatic N) is 1. The van der Waals surface area contributed by atoms with E-state index in [1.165, 1.54) is 11.8 Å². The van der Waals surface area contributed by atoms with Crippen molar-refractivity contribution in [2.75, 3.05) is 18.1 Å². The Morgan fingerprint density at radius 3 is 2.69 bits per heavy atom. The van der Waals surface area contributed by atoms with Gasteiger partial charge in [-0.3, -0.25) is 14.5 Å². The number of benzene rings is 2. The number of aliphatic hydroxyl groups excluding tert-OH is 1. The van der Waals surface area contributed by atoms with Crippen molar-refractivity contribution in [3.8, 4) is 5.75 Å². The highest BCUT2D eigenvalue weighted by Crippen LogP contribution is 2.37. The van der Waals surface area contributed by atoms with E-state index in [1.54, 1.807) is 18.2 Å². The summed E-state index contributed by atoms with van der Waals surface area (Å²) in [5, 5.41) is 11.0. The molecule has 5 N–H and O–H groups in total. The van der Waals surface area contributed by atoms with E-state index in [0.29, 0.717) is 37.2 Å². The lowest BCUT2D eigenvalue weighted by molar-refractivity contribution is -0.119. The van der Waals surface area contributed by atoms with Gasteiger partial charge in [-0.05, 0) is 60.7 Å². The molecule has 2 atom stereocenters. The fourth-order valence-corrected chi connectivity index (χ4v) is 3.92. The van der Waals surface area contributed by atoms with E-state index in [2.05, 4.69) is 0 Å². The van der Waals surface area contributed by atoms with Gasteiger partial charge in [-0.1, -0.05) is 12.1 Å². The number of fused-ring (bicyclic) bond motifs is 1. The number of hydrogen-bond donors (Lipinski definition) is 3. The van der Waals surface area contributed by atoms with Crippen LogP contribution in [0, 0.1) is 12.8 Å². The van der Waals surface area contributed by atoms with Crippen molar-refractivity contribution in [1.82, 2.24) is 0 Å². The Kier molecular flexibility index (Phi) is 6.20. The molecule has 1 heterocycles. The molecule has 0 saturated carbocycles. The third-order valence-electron chi connectivity index (χ3n) is 5.34. The number of anilines is 1. The van der Waals surface area contributed by atoms with Crippen LogP contribution in [0.15, 0.2) is 36.4 Å². The van der Waals surface area contributed by atoms with Gasteiger partial charge in [0.2, 0.25) is 11.8 Å². The van der Waals surface area contributed by atoms with Gasteiger partial charge in [-0.15, -0.1) is 0 Å². The fraction of sp³-hybridized carbons (Fsp3) is 0.364. The van der Waals surface area contributed by atoms with Crippen molar-refractivity contribution in [1.29, 1.82) is 0 Å². The van der Waals surface area contributed by atoms with Gasteiger partial charge < -0.3 is 21.3 Å². The smallest absolute Gasteiger partial charge is 0.248 e. The van der Waals surface area contributed by atoms with Crippen LogP contribution in [-0.4, -0.2) is 36.3 Å². The molecule has 2 aromatic rings. The monoisotopic (exact) mass is 397 g/mol. The quantitative estimate of drug-likeness (QED) is 0.683. The second-order valence-electron chi connectivity index (χ2n) is 7.37. The molecular formula is C22H27N3O4. The minimum atomic E-state index is -0.985. The molecule has 2 aromatic carbocycles. The van der Waals surface area contributed by atoms with Gasteiger partial charge in [0.1, 0.15) is 18.6 Å². The zero-order chi connectivity index (χ0) is 21.1. The number of hydrogen-bond acceptors (Lipinski definition) is 5. The number of carbonyl (C=O) groups is 2. The summed E-state index contributed by atoms with van der Waals surface area (Å²) in [4.78, 5) is 25.3. The van der Waals surface area contributed by atoms with E-state index >= 15 is 0 Å². The molecule has 0 saturated heterocycles. The third kappa shape index (κ3) is 4.26. The maximum Gasteiger partial charge on any atom is 0.248 e. The molecule has 0 radical (unpaired) electrons. The van der Waals surface area contributed by atoms with Gasteiger partial charge in [-0.25, -0.2) is 0 Å². The van der Waals surface area contributed by atoms with E-state index in [9.17, 15) is 14.7 Å². The van der Waals surface area contributed by atoms with Crippen molar-refractivity contribution in [2.24, 2.45) is 17.4 Å². The van der Waals surface area contributed by atoms with Gasteiger partial charge in [-0.2, -0.15) is 0 Å². The predicted molar refractivity (Wildman–Crippen MR) is 111 cm³/mol. The molecule has 0 fully saturated rings. The first-order chi connectivity index (χ1) is 13.8. The molecule has 1 aliphatic heterocycles. The average molecular weight is 397 g/mol. The Balaban J connectivity index is 1.98. The molecule has 0 aliphatic carbocycles. The average Bonchev–Trinajstić information content (AvgIpc) is 2.68. The highest BCUT2D eigenvalue weighted by Gasteiger charge is 2.36. The second-order valence-corrected chi connectivity index (χ2v) is 7.37. The van der Waals surface area contributed by atoms with Crippen LogP contribution in [0.3, 0.4) is 0 Å². The van der Waals surface area contributed by atoms with Crippen molar-refractivity contribution in [3.63, 3.8) is 0 Å². The summed E-state index contributed by atoms with van der Waals surface area (Å²) < 4.78 is 5.79. The standard InChI is InChI=1S/C22H27N3O4/c1-13-4-3-5-20(29-9-8-23)18(13)12-17-11-16-10-15(21(24)27)6-7-19(16)25(14(2)26)22(17)28/h3-7,10,17,22,28H,8-9,11-12,23H2,1-2H3,(H2,24,27)/t17-,22-/m0/s1. The van der Waals surface area contributed by atoms with Gasteiger partial charge in [0.15, 0.2) is 0 Å². The van der Waals surface area contributed by atoms with Crippen molar-refractivity contribution >= 4 is 17.5 Å². The number of rotatable bonds is 6. The number of aliphatic hydroxyl groups is 1. The molecule has 7 nitrogen and oxygen atoms in total. The van der Waals surface area contributed by atoms with Crippen LogP contribution in [0.25, 0.3) is 0 Å². The molecule has 154 valence electrons. The molecule has 2 amide bonds. The molecular weight excluding hydrogens is 370 g/mol. The normalized spacial score (nSPS) is 18.3. The summed E-state index contributed by atoms with van der Waals surface area (Å²) in [6.07, 6.45) is 0.0329. The first-order valence-electron chi connectivity index (χ1n) is 9.65. The Morgan fingerprint density at radius 2 is 2.03 bits per heavy atom. The lowest BCUT2D eigenvalue weighted by Crippen LogP contribution is -2.48. The van der Waals surface area contributed by atoms with Crippen LogP contribution >= 0.6 is 0 Å². The first-order valence-corrected chi connectivity index (χ1v) is 9.65. The summed E-state index contributed by atoms with van der Waals surface area (Å²) >= 11 is 0. The maximum atomic E-state index is 12.3. The van der Waals surface area contributed by atoms with Gasteiger partial charge in [0.05, 0.1) is 0 Å². The van der Waals surface area contributed by atoms with Crippen LogP contribution in [0.2, 0.25) is 0 Å². The molecule has 0 bridgehead atoms. The summed E-state index contributed by atoms with van der Waals surface area (Å²) in [6.45, 7) is 4.21. The fourth-order valence-electron chi connectivity index (χ4n) is 3.92. The van der Waals surface area contributed by atoms with E-state index < -0.39 is 12.1 Å². The molecule has 1 aliphatic rings. The molecule has 7 heteroatoms. The largest absolute Gasteiger partial charge is 0.492 e. The van der Waals surface area contributed by atoms with Crippen molar-refractivity contribution in [3.05, 3.63) is 58.7 Å². The number of amides is 2. The molecule has 29 heavy (non-hydrogen) atoms. The number of carbonyl (C=O) groups excluding carboxylic acids is 2. The zero-order valence-corrected chi connectivity index (χ0v) is 16.7. The minimum Gasteiger partial charge on any atom is -0.492 e. The van der Waals surface area contributed by atoms with Crippen LogP contribution in [-0.2, 0) is 17.6 Å². The zero-order valence-electron chi connectivity index (χ0n) is 16.7. The summed E-state index contributed by atoms with van der Waals surface area (Å²) in [5.74, 6) is -0.328. The van der Waals surface area contributed by atoms with Crippen molar-refractivity contribution in [2.45, 2.75) is 32.9 Å². The maximum absolute atomic E-state index is 12.3. The van der Waals surface area contributed by atoms with Crippen LogP contribution in [0.4, 0.5) is 5.69 Å². The second kappa shape index (κ2) is 8.63. The Bertz CT molecular complexity index is 928. The number of aryl methyl sites for hydroxylation is 1. The number of nitrogens with two attached hydrogens (primary N) is 2. The van der Waals surface area contributed by atoms with Crippen LogP contribution < -0.4 is 21.1 Å². The highest BCUT2D eigenvalue weighted by molar-refractivity contribution is 5.96. The third-order valence-corrected chi connectivity index (χ3v) is 5.34. The van der Waals surface area contributed by atoms with E-state index in [1.807, 2.05) is 25.1 Å². The minimum absolute atomic E-state index is 0.264. The van der Waals surface area contributed by atoms with Crippen molar-refractivity contribution < 1.29 is 19.4 Å². The van der Waals surface area contributed by atoms with E-state index in [4.69, 9.17) is 16.2 Å². The van der Waals surface area contributed by atoms with Crippen LogP contribution in [0.1, 0.15) is 34.0 Å². The van der Waals surface area contributed by atoms with Gasteiger partial charge in [0, 0.05) is 30.6 Å². The number of primary amides is 1. The Labute approximate surface area is 170 Å². The highest BCUT2D eigenvalue weighted by atomic mass is 16.5. The van der Waals surface area contributed by atoms with Gasteiger partial charge in [0.25, 0.3) is 0 Å². The lowest BCUT2D eigenvalue weighted by atomic mass is 9.84. The lowest BCUT2D eigenvalue weighted by Gasteiger charge is -2.39. The topological polar surface area (TPSA) is 119 Å². The SMILES string of the molecule is CC(=O)N1c2ccc(C(N)=O)cc2C[C@@H](Cc2c(C)cccc2OCCN)[C@@H]1O. The number of ether oxygens (including phenoxy) is 1. The Morgan fingerprint density at radius 1 is 1.28 bits per heavy atom. The predicted octanol–water partition coefficient (Wildman–Crippen LogP) is 1.52. The van der Waals surface area contributed by atoms with E-state index in [-0.39, 0.29) is 11.8 Å². The summed E-state index contributed by atoms with van der Waals surface area (Å²) in [5.41, 5.74) is 14.8. The first kappa shape index (κ1) is 20.8. The molecule has 0 spiro atoms. The molecule has 0 aromatic heterocycles. The summed E-state index contributed by atoms with van der Waals surface area (Å²) in [6, 6.07) is 10.7.